The summed E-state index contributed by atoms with van der Waals surface area (Å²) in [6, 6.07) is 8.52. The second kappa shape index (κ2) is 5.64. The highest BCUT2D eigenvalue weighted by Gasteiger charge is 2.32. The van der Waals surface area contributed by atoms with E-state index in [1.54, 1.807) is 17.0 Å². The molecule has 0 spiro atoms. The average molecular weight is 303 g/mol. The second-order valence-corrected chi connectivity index (χ2v) is 7.34. The zero-order valence-electron chi connectivity index (χ0n) is 12.4. The van der Waals surface area contributed by atoms with Crippen molar-refractivity contribution in [1.29, 1.82) is 0 Å². The van der Waals surface area contributed by atoms with E-state index in [2.05, 4.69) is 24.1 Å². The van der Waals surface area contributed by atoms with Crippen molar-refractivity contribution in [3.05, 3.63) is 47.1 Å². The summed E-state index contributed by atoms with van der Waals surface area (Å²) in [5, 5.41) is 3.64. The Balaban J connectivity index is 1.76. The number of hydrogen-bond acceptors (Lipinski definition) is 3. The zero-order valence-corrected chi connectivity index (χ0v) is 13.2. The number of thioether (sulfide) groups is 1. The fraction of sp³-hybridized carbons (Fsp3) is 0.438. The molecule has 4 nitrogen and oxygen atoms in total. The van der Waals surface area contributed by atoms with Crippen molar-refractivity contribution in [2.75, 3.05) is 16.8 Å². The zero-order chi connectivity index (χ0) is 14.9. The van der Waals surface area contributed by atoms with E-state index in [0.717, 1.165) is 17.1 Å². The van der Waals surface area contributed by atoms with Crippen molar-refractivity contribution in [2.24, 2.45) is 5.41 Å². The van der Waals surface area contributed by atoms with E-state index in [4.69, 9.17) is 0 Å². The SMILES string of the molecule is CC1(C)CCSCC1Nc1ccc(-n2cc[nH]c2=O)cc1. The Morgan fingerprint density at radius 2 is 2.10 bits per heavy atom. The number of imidazole rings is 1. The quantitative estimate of drug-likeness (QED) is 0.916. The van der Waals surface area contributed by atoms with Crippen LogP contribution in [-0.4, -0.2) is 27.1 Å². The number of anilines is 1. The van der Waals surface area contributed by atoms with Gasteiger partial charge in [-0.25, -0.2) is 4.79 Å². The summed E-state index contributed by atoms with van der Waals surface area (Å²) < 4.78 is 1.60. The molecule has 2 heterocycles. The van der Waals surface area contributed by atoms with Gasteiger partial charge in [-0.3, -0.25) is 4.57 Å². The maximum absolute atomic E-state index is 11.6. The summed E-state index contributed by atoms with van der Waals surface area (Å²) in [6.45, 7) is 4.66. The van der Waals surface area contributed by atoms with E-state index >= 15 is 0 Å². The largest absolute Gasteiger partial charge is 0.381 e. The molecule has 1 aliphatic rings. The van der Waals surface area contributed by atoms with E-state index in [0.29, 0.717) is 11.5 Å². The minimum absolute atomic E-state index is 0.111. The molecule has 1 saturated heterocycles. The molecule has 1 aliphatic heterocycles. The lowest BCUT2D eigenvalue weighted by Crippen LogP contribution is -2.41. The van der Waals surface area contributed by atoms with Crippen molar-refractivity contribution in [2.45, 2.75) is 26.3 Å². The molecule has 1 atom stereocenters. The van der Waals surface area contributed by atoms with Gasteiger partial charge in [-0.2, -0.15) is 11.8 Å². The minimum atomic E-state index is -0.111. The summed E-state index contributed by atoms with van der Waals surface area (Å²) in [4.78, 5) is 14.2. The third-order valence-electron chi connectivity index (χ3n) is 4.25. The monoisotopic (exact) mass is 303 g/mol. The first-order valence-electron chi connectivity index (χ1n) is 7.27. The molecule has 112 valence electrons. The summed E-state index contributed by atoms with van der Waals surface area (Å²) in [5.41, 5.74) is 2.20. The van der Waals surface area contributed by atoms with E-state index in [-0.39, 0.29) is 5.69 Å². The molecule has 3 rings (SSSR count). The number of aromatic amines is 1. The van der Waals surface area contributed by atoms with E-state index in [1.165, 1.54) is 12.2 Å². The number of H-pyrrole nitrogens is 1. The second-order valence-electron chi connectivity index (χ2n) is 6.19. The van der Waals surface area contributed by atoms with Crippen LogP contribution in [0.1, 0.15) is 20.3 Å². The van der Waals surface area contributed by atoms with Crippen molar-refractivity contribution < 1.29 is 0 Å². The van der Waals surface area contributed by atoms with Crippen molar-refractivity contribution in [1.82, 2.24) is 9.55 Å². The molecule has 5 heteroatoms. The smallest absolute Gasteiger partial charge is 0.330 e. The molecular formula is C16H21N3OS. The molecule has 1 unspecified atom stereocenters. The molecule has 0 saturated carbocycles. The van der Waals surface area contributed by atoms with Crippen LogP contribution in [0.4, 0.5) is 5.69 Å². The van der Waals surface area contributed by atoms with Gasteiger partial charge in [-0.05, 0) is 41.9 Å². The van der Waals surface area contributed by atoms with Gasteiger partial charge in [0.25, 0.3) is 0 Å². The predicted octanol–water partition coefficient (Wildman–Crippen LogP) is 3.11. The maximum Gasteiger partial charge on any atom is 0.330 e. The topological polar surface area (TPSA) is 49.8 Å². The van der Waals surface area contributed by atoms with Gasteiger partial charge in [0.15, 0.2) is 0 Å². The highest BCUT2D eigenvalue weighted by Crippen LogP contribution is 2.36. The van der Waals surface area contributed by atoms with Gasteiger partial charge in [-0.15, -0.1) is 0 Å². The molecule has 1 aromatic carbocycles. The lowest BCUT2D eigenvalue weighted by molar-refractivity contribution is 0.305. The Morgan fingerprint density at radius 3 is 2.71 bits per heavy atom. The fourth-order valence-corrected chi connectivity index (χ4v) is 4.22. The Hall–Kier alpha value is -1.62. The van der Waals surface area contributed by atoms with Gasteiger partial charge in [0.05, 0.1) is 5.69 Å². The van der Waals surface area contributed by atoms with Gasteiger partial charge in [0.1, 0.15) is 0 Å². The molecule has 1 aromatic heterocycles. The third-order valence-corrected chi connectivity index (χ3v) is 5.32. The highest BCUT2D eigenvalue weighted by molar-refractivity contribution is 7.99. The van der Waals surface area contributed by atoms with Crippen LogP contribution in [-0.2, 0) is 0 Å². The maximum atomic E-state index is 11.6. The lowest BCUT2D eigenvalue weighted by atomic mass is 9.82. The molecule has 0 bridgehead atoms. The average Bonchev–Trinajstić information content (AvgIpc) is 2.88. The first-order chi connectivity index (χ1) is 10.1. The number of nitrogens with zero attached hydrogens (tertiary/aromatic N) is 1. The van der Waals surface area contributed by atoms with Crippen molar-refractivity contribution >= 4 is 17.4 Å². The van der Waals surface area contributed by atoms with Gasteiger partial charge in [-0.1, -0.05) is 13.8 Å². The summed E-state index contributed by atoms with van der Waals surface area (Å²) in [6.07, 6.45) is 4.63. The number of rotatable bonds is 3. The minimum Gasteiger partial charge on any atom is -0.381 e. The normalized spacial score (nSPS) is 21.1. The van der Waals surface area contributed by atoms with Gasteiger partial charge < -0.3 is 10.3 Å². The molecule has 1 fully saturated rings. The summed E-state index contributed by atoms with van der Waals surface area (Å²) in [7, 11) is 0. The van der Waals surface area contributed by atoms with E-state index in [9.17, 15) is 4.79 Å². The van der Waals surface area contributed by atoms with Gasteiger partial charge in [0, 0.05) is 29.9 Å². The molecule has 21 heavy (non-hydrogen) atoms. The highest BCUT2D eigenvalue weighted by atomic mass is 32.2. The van der Waals surface area contributed by atoms with Gasteiger partial charge >= 0.3 is 5.69 Å². The first kappa shape index (κ1) is 14.3. The number of benzene rings is 1. The molecule has 0 radical (unpaired) electrons. The van der Waals surface area contributed by atoms with E-state index < -0.39 is 0 Å². The third kappa shape index (κ3) is 3.02. The number of hydrogen-bond donors (Lipinski definition) is 2. The van der Waals surface area contributed by atoms with E-state index in [1.807, 2.05) is 36.0 Å². The van der Waals surface area contributed by atoms with Crippen molar-refractivity contribution in [3.63, 3.8) is 0 Å². The van der Waals surface area contributed by atoms with Crippen LogP contribution in [0.5, 0.6) is 0 Å². The van der Waals surface area contributed by atoms with Crippen LogP contribution < -0.4 is 11.0 Å². The molecule has 2 N–H and O–H groups in total. The summed E-state index contributed by atoms with van der Waals surface area (Å²) in [5.74, 6) is 2.40. The van der Waals surface area contributed by atoms with Gasteiger partial charge in [0.2, 0.25) is 0 Å². The fourth-order valence-electron chi connectivity index (χ4n) is 2.62. The van der Waals surface area contributed by atoms with Crippen LogP contribution in [0.25, 0.3) is 5.69 Å². The molecule has 0 aliphatic carbocycles. The molecule has 2 aromatic rings. The Labute approximate surface area is 129 Å². The van der Waals surface area contributed by atoms with Crippen LogP contribution in [0, 0.1) is 5.41 Å². The lowest BCUT2D eigenvalue weighted by Gasteiger charge is -2.39. The Bertz CT molecular complexity index is 657. The predicted molar refractivity (Wildman–Crippen MR) is 89.5 cm³/mol. The van der Waals surface area contributed by atoms with Crippen LogP contribution in [0.15, 0.2) is 41.5 Å². The standard InChI is InChI=1S/C16H21N3OS/c1-16(2)7-10-21-11-14(16)18-12-3-5-13(6-4-12)19-9-8-17-15(19)20/h3-6,8-9,14,18H,7,10-11H2,1-2H3,(H,17,20). The number of nitrogens with one attached hydrogen (secondary N) is 2. The molecular weight excluding hydrogens is 282 g/mol. The van der Waals surface area contributed by atoms with Crippen molar-refractivity contribution in [3.8, 4) is 5.69 Å². The van der Waals surface area contributed by atoms with Crippen LogP contribution >= 0.6 is 11.8 Å². The summed E-state index contributed by atoms with van der Waals surface area (Å²) >= 11 is 2.02. The Kier molecular flexibility index (Phi) is 3.85. The number of aromatic nitrogens is 2. The Morgan fingerprint density at radius 1 is 1.33 bits per heavy atom. The van der Waals surface area contributed by atoms with Crippen LogP contribution in [0.2, 0.25) is 0 Å². The van der Waals surface area contributed by atoms with Crippen LogP contribution in [0.3, 0.4) is 0 Å². The first-order valence-corrected chi connectivity index (χ1v) is 8.42. The molecule has 0 amide bonds.